The van der Waals surface area contributed by atoms with Crippen LogP contribution >= 0.6 is 11.8 Å². The predicted octanol–water partition coefficient (Wildman–Crippen LogP) is 2.65. The third-order valence-corrected chi connectivity index (χ3v) is 3.72. The van der Waals surface area contributed by atoms with Gasteiger partial charge >= 0.3 is 0 Å². The van der Waals surface area contributed by atoms with Gasteiger partial charge in [0.2, 0.25) is 0 Å². The van der Waals surface area contributed by atoms with E-state index in [1.807, 2.05) is 19.1 Å². The van der Waals surface area contributed by atoms with Gasteiger partial charge in [-0.25, -0.2) is 0 Å². The second kappa shape index (κ2) is 6.96. The van der Waals surface area contributed by atoms with Crippen molar-refractivity contribution in [3.63, 3.8) is 0 Å². The molecule has 1 aromatic carbocycles. The second-order valence-corrected chi connectivity index (χ2v) is 5.17. The fraction of sp³-hybridized carbons (Fsp3) is 0.357. The van der Waals surface area contributed by atoms with E-state index in [9.17, 15) is 0 Å². The van der Waals surface area contributed by atoms with Gasteiger partial charge in [-0.2, -0.15) is 5.26 Å². The molecule has 0 aliphatic carbocycles. The van der Waals surface area contributed by atoms with Crippen molar-refractivity contribution in [3.8, 4) is 11.8 Å². The van der Waals surface area contributed by atoms with E-state index >= 15 is 0 Å². The lowest BCUT2D eigenvalue weighted by Crippen LogP contribution is -2.03. The van der Waals surface area contributed by atoms with Gasteiger partial charge in [0.05, 0.1) is 18.2 Å². The van der Waals surface area contributed by atoms with Gasteiger partial charge in [-0.3, -0.25) is 0 Å². The summed E-state index contributed by atoms with van der Waals surface area (Å²) in [5, 5.41) is 17.8. The number of thioether (sulfide) groups is 1. The zero-order chi connectivity index (χ0) is 14.4. The largest absolute Gasteiger partial charge is 0.493 e. The van der Waals surface area contributed by atoms with Crippen LogP contribution in [0, 0.1) is 18.3 Å². The Balaban J connectivity index is 1.80. The van der Waals surface area contributed by atoms with Crippen LogP contribution in [0.2, 0.25) is 0 Å². The standard InChI is InChI=1S/C14H16N4OS/c1-3-18-11(2)16-17-14(18)20-9-8-19-13-6-4-12(10-15)5-7-13/h4-7H,3,8-9H2,1-2H3. The molecule has 104 valence electrons. The van der Waals surface area contributed by atoms with E-state index in [-0.39, 0.29) is 0 Å². The molecule has 0 unspecified atom stereocenters. The highest BCUT2D eigenvalue weighted by Crippen LogP contribution is 2.17. The molecule has 0 fully saturated rings. The normalized spacial score (nSPS) is 10.2. The Morgan fingerprint density at radius 1 is 1.30 bits per heavy atom. The van der Waals surface area contributed by atoms with Gasteiger partial charge in [0.1, 0.15) is 11.6 Å². The molecule has 0 aliphatic heterocycles. The van der Waals surface area contributed by atoms with Crippen molar-refractivity contribution >= 4 is 11.8 Å². The number of nitriles is 1. The van der Waals surface area contributed by atoms with Crippen LogP contribution in [0.5, 0.6) is 5.75 Å². The zero-order valence-corrected chi connectivity index (χ0v) is 12.4. The average molecular weight is 288 g/mol. The quantitative estimate of drug-likeness (QED) is 0.604. The van der Waals surface area contributed by atoms with Crippen LogP contribution in [0.15, 0.2) is 29.4 Å². The van der Waals surface area contributed by atoms with E-state index in [2.05, 4.69) is 27.8 Å². The maximum atomic E-state index is 8.71. The summed E-state index contributed by atoms with van der Waals surface area (Å²) < 4.78 is 7.70. The van der Waals surface area contributed by atoms with Crippen LogP contribution in [-0.2, 0) is 6.54 Å². The first kappa shape index (κ1) is 14.4. The van der Waals surface area contributed by atoms with Gasteiger partial charge in [0, 0.05) is 12.3 Å². The summed E-state index contributed by atoms with van der Waals surface area (Å²) in [6, 6.07) is 9.19. The topological polar surface area (TPSA) is 63.7 Å². The maximum Gasteiger partial charge on any atom is 0.191 e. The van der Waals surface area contributed by atoms with E-state index in [0.29, 0.717) is 12.2 Å². The average Bonchev–Trinajstić information content (AvgIpc) is 2.84. The summed E-state index contributed by atoms with van der Waals surface area (Å²) in [6.07, 6.45) is 0. The fourth-order valence-electron chi connectivity index (χ4n) is 1.75. The van der Waals surface area contributed by atoms with E-state index < -0.39 is 0 Å². The molecule has 1 aromatic heterocycles. The molecule has 2 rings (SSSR count). The lowest BCUT2D eigenvalue weighted by molar-refractivity contribution is 0.344. The lowest BCUT2D eigenvalue weighted by atomic mass is 10.2. The van der Waals surface area contributed by atoms with Gasteiger partial charge in [-0.05, 0) is 38.1 Å². The van der Waals surface area contributed by atoms with Crippen molar-refractivity contribution in [2.45, 2.75) is 25.5 Å². The molecule has 0 atom stereocenters. The van der Waals surface area contributed by atoms with Crippen molar-refractivity contribution in [1.29, 1.82) is 5.26 Å². The summed E-state index contributed by atoms with van der Waals surface area (Å²) in [7, 11) is 0. The smallest absolute Gasteiger partial charge is 0.191 e. The fourth-order valence-corrected chi connectivity index (χ4v) is 2.62. The molecule has 0 saturated heterocycles. The first-order chi connectivity index (χ1) is 9.74. The molecule has 5 nitrogen and oxygen atoms in total. The summed E-state index contributed by atoms with van der Waals surface area (Å²) in [5.74, 6) is 2.51. The minimum atomic E-state index is 0.589. The molecule has 20 heavy (non-hydrogen) atoms. The van der Waals surface area contributed by atoms with Gasteiger partial charge in [0.25, 0.3) is 0 Å². The van der Waals surface area contributed by atoms with Crippen molar-refractivity contribution in [2.75, 3.05) is 12.4 Å². The maximum absolute atomic E-state index is 8.71. The molecule has 0 bridgehead atoms. The predicted molar refractivity (Wildman–Crippen MR) is 77.8 cm³/mol. The first-order valence-corrected chi connectivity index (χ1v) is 7.38. The summed E-state index contributed by atoms with van der Waals surface area (Å²) >= 11 is 1.63. The molecule has 0 saturated carbocycles. The van der Waals surface area contributed by atoms with E-state index in [1.165, 1.54) is 0 Å². The second-order valence-electron chi connectivity index (χ2n) is 4.11. The molecular weight excluding hydrogens is 272 g/mol. The van der Waals surface area contributed by atoms with Crippen molar-refractivity contribution < 1.29 is 4.74 Å². The SMILES string of the molecule is CCn1c(C)nnc1SCCOc1ccc(C#N)cc1. The Morgan fingerprint density at radius 2 is 2.05 bits per heavy atom. The number of aromatic nitrogens is 3. The van der Waals surface area contributed by atoms with Crippen molar-refractivity contribution in [1.82, 2.24) is 14.8 Å². The Bertz CT molecular complexity index is 601. The van der Waals surface area contributed by atoms with Crippen LogP contribution < -0.4 is 4.74 Å². The highest BCUT2D eigenvalue weighted by atomic mass is 32.2. The van der Waals surface area contributed by atoms with E-state index in [4.69, 9.17) is 10.00 Å². The van der Waals surface area contributed by atoms with Gasteiger partial charge < -0.3 is 9.30 Å². The molecule has 0 radical (unpaired) electrons. The minimum absolute atomic E-state index is 0.589. The van der Waals surface area contributed by atoms with Crippen LogP contribution in [0.3, 0.4) is 0 Å². The molecule has 0 spiro atoms. The highest BCUT2D eigenvalue weighted by molar-refractivity contribution is 7.99. The number of hydrogen-bond donors (Lipinski definition) is 0. The Hall–Kier alpha value is -2.00. The van der Waals surface area contributed by atoms with Crippen LogP contribution in [0.1, 0.15) is 18.3 Å². The number of rotatable bonds is 6. The Morgan fingerprint density at radius 3 is 2.70 bits per heavy atom. The molecule has 1 heterocycles. The highest BCUT2D eigenvalue weighted by Gasteiger charge is 2.07. The number of ether oxygens (including phenoxy) is 1. The summed E-state index contributed by atoms with van der Waals surface area (Å²) in [5.41, 5.74) is 0.637. The van der Waals surface area contributed by atoms with Gasteiger partial charge in [-0.1, -0.05) is 11.8 Å². The number of aryl methyl sites for hydroxylation is 1. The van der Waals surface area contributed by atoms with Crippen molar-refractivity contribution in [3.05, 3.63) is 35.7 Å². The number of benzene rings is 1. The zero-order valence-electron chi connectivity index (χ0n) is 11.5. The van der Waals surface area contributed by atoms with Crippen LogP contribution in [0.25, 0.3) is 0 Å². The van der Waals surface area contributed by atoms with Crippen LogP contribution in [-0.4, -0.2) is 27.1 Å². The van der Waals surface area contributed by atoms with Gasteiger partial charge in [0.15, 0.2) is 5.16 Å². The number of nitrogens with zero attached hydrogens (tertiary/aromatic N) is 4. The van der Waals surface area contributed by atoms with Crippen molar-refractivity contribution in [2.24, 2.45) is 0 Å². The molecule has 6 heteroatoms. The lowest BCUT2D eigenvalue weighted by Gasteiger charge is -2.07. The molecular formula is C14H16N4OS. The van der Waals surface area contributed by atoms with E-state index in [0.717, 1.165) is 29.0 Å². The molecule has 0 amide bonds. The Kier molecular flexibility index (Phi) is 5.02. The molecule has 2 aromatic rings. The number of hydrogen-bond acceptors (Lipinski definition) is 5. The first-order valence-electron chi connectivity index (χ1n) is 6.40. The monoisotopic (exact) mass is 288 g/mol. The van der Waals surface area contributed by atoms with Gasteiger partial charge in [-0.15, -0.1) is 10.2 Å². The third kappa shape index (κ3) is 3.52. The van der Waals surface area contributed by atoms with Crippen LogP contribution in [0.4, 0.5) is 0 Å². The Labute approximate surface area is 122 Å². The summed E-state index contributed by atoms with van der Waals surface area (Å²) in [6.45, 7) is 5.49. The van der Waals surface area contributed by atoms with E-state index in [1.54, 1.807) is 23.9 Å². The summed E-state index contributed by atoms with van der Waals surface area (Å²) in [4.78, 5) is 0. The minimum Gasteiger partial charge on any atom is -0.493 e. The molecule has 0 aliphatic rings. The third-order valence-electron chi connectivity index (χ3n) is 2.78. The molecule has 0 N–H and O–H groups in total.